The largest absolute Gasteiger partial charge is 0.367 e. The quantitative estimate of drug-likeness (QED) is 0.750. The zero-order chi connectivity index (χ0) is 9.80. The number of rotatable bonds is 4. The van der Waals surface area contributed by atoms with Crippen molar-refractivity contribution in [3.05, 3.63) is 17.8 Å². The van der Waals surface area contributed by atoms with Crippen LogP contribution < -0.4 is 11.1 Å². The highest BCUT2D eigenvalue weighted by molar-refractivity contribution is 5.33. The molecule has 76 valence electrons. The van der Waals surface area contributed by atoms with Crippen LogP contribution >= 0.6 is 0 Å². The topological polar surface area (TPSA) is 63.8 Å². The molecule has 1 aromatic heterocycles. The minimum atomic E-state index is 0.617. The molecule has 1 saturated carbocycles. The molecule has 0 aromatic carbocycles. The van der Waals surface area contributed by atoms with Gasteiger partial charge in [-0.15, -0.1) is 5.10 Å². The summed E-state index contributed by atoms with van der Waals surface area (Å²) < 4.78 is 0. The summed E-state index contributed by atoms with van der Waals surface area (Å²) in [7, 11) is 0. The van der Waals surface area contributed by atoms with Gasteiger partial charge in [-0.1, -0.05) is 6.42 Å². The van der Waals surface area contributed by atoms with E-state index < -0.39 is 0 Å². The van der Waals surface area contributed by atoms with Crippen LogP contribution in [0.5, 0.6) is 0 Å². The third-order valence-electron chi connectivity index (χ3n) is 2.66. The fourth-order valence-corrected chi connectivity index (χ4v) is 1.56. The van der Waals surface area contributed by atoms with Crippen molar-refractivity contribution in [3.63, 3.8) is 0 Å². The molecular formula is C10H16N4. The average Bonchev–Trinajstić information content (AvgIpc) is 2.14. The van der Waals surface area contributed by atoms with Gasteiger partial charge in [-0.2, -0.15) is 5.10 Å². The van der Waals surface area contributed by atoms with E-state index in [0.29, 0.717) is 12.5 Å². The molecule has 4 heteroatoms. The first kappa shape index (κ1) is 9.40. The Kier molecular flexibility index (Phi) is 2.93. The number of anilines is 1. The maximum Gasteiger partial charge on any atom is 0.148 e. The highest BCUT2D eigenvalue weighted by Crippen LogP contribution is 2.34. The van der Waals surface area contributed by atoms with E-state index in [1.54, 1.807) is 0 Å². The summed E-state index contributed by atoms with van der Waals surface area (Å²) in [6, 6.07) is 4.05. The van der Waals surface area contributed by atoms with Crippen molar-refractivity contribution in [2.75, 3.05) is 18.4 Å². The van der Waals surface area contributed by atoms with Gasteiger partial charge in [0, 0.05) is 19.0 Å². The Morgan fingerprint density at radius 1 is 1.36 bits per heavy atom. The average molecular weight is 192 g/mol. The SMILES string of the molecule is NCCNc1ccc(C2CCC2)nn1. The Bertz CT molecular complexity index is 279. The van der Waals surface area contributed by atoms with Crippen molar-refractivity contribution < 1.29 is 0 Å². The third-order valence-corrected chi connectivity index (χ3v) is 2.66. The van der Waals surface area contributed by atoms with E-state index in [-0.39, 0.29) is 0 Å². The van der Waals surface area contributed by atoms with Crippen molar-refractivity contribution in [1.29, 1.82) is 0 Å². The van der Waals surface area contributed by atoms with Crippen molar-refractivity contribution in [1.82, 2.24) is 10.2 Å². The van der Waals surface area contributed by atoms with Gasteiger partial charge in [-0.05, 0) is 25.0 Å². The van der Waals surface area contributed by atoms with Gasteiger partial charge in [0.25, 0.3) is 0 Å². The first-order valence-corrected chi connectivity index (χ1v) is 5.17. The molecule has 1 heterocycles. The molecule has 1 aromatic rings. The number of hydrogen-bond acceptors (Lipinski definition) is 4. The van der Waals surface area contributed by atoms with Crippen LogP contribution in [0.2, 0.25) is 0 Å². The fourth-order valence-electron chi connectivity index (χ4n) is 1.56. The maximum atomic E-state index is 5.37. The van der Waals surface area contributed by atoms with Gasteiger partial charge < -0.3 is 11.1 Å². The lowest BCUT2D eigenvalue weighted by atomic mass is 9.83. The van der Waals surface area contributed by atoms with Crippen molar-refractivity contribution in [2.24, 2.45) is 5.73 Å². The van der Waals surface area contributed by atoms with Crippen LogP contribution in [0.25, 0.3) is 0 Å². The number of nitrogens with one attached hydrogen (secondary N) is 1. The normalized spacial score (nSPS) is 16.4. The highest BCUT2D eigenvalue weighted by Gasteiger charge is 2.20. The molecular weight excluding hydrogens is 176 g/mol. The summed E-state index contributed by atoms with van der Waals surface area (Å²) >= 11 is 0. The molecule has 1 fully saturated rings. The van der Waals surface area contributed by atoms with Gasteiger partial charge in [-0.3, -0.25) is 0 Å². The number of nitrogens with two attached hydrogens (primary N) is 1. The van der Waals surface area contributed by atoms with Gasteiger partial charge >= 0.3 is 0 Å². The van der Waals surface area contributed by atoms with Gasteiger partial charge in [0.15, 0.2) is 0 Å². The second-order valence-corrected chi connectivity index (χ2v) is 3.69. The van der Waals surface area contributed by atoms with Crippen LogP contribution in [-0.4, -0.2) is 23.3 Å². The zero-order valence-corrected chi connectivity index (χ0v) is 8.24. The van der Waals surface area contributed by atoms with Crippen molar-refractivity contribution in [2.45, 2.75) is 25.2 Å². The van der Waals surface area contributed by atoms with E-state index in [1.165, 1.54) is 19.3 Å². The van der Waals surface area contributed by atoms with E-state index in [9.17, 15) is 0 Å². The van der Waals surface area contributed by atoms with Crippen LogP contribution in [0, 0.1) is 0 Å². The Morgan fingerprint density at radius 2 is 2.21 bits per heavy atom. The van der Waals surface area contributed by atoms with Gasteiger partial charge in [0.2, 0.25) is 0 Å². The molecule has 2 rings (SSSR count). The molecule has 0 bridgehead atoms. The van der Waals surface area contributed by atoms with E-state index in [2.05, 4.69) is 21.6 Å². The molecule has 1 aliphatic rings. The fraction of sp³-hybridized carbons (Fsp3) is 0.600. The summed E-state index contributed by atoms with van der Waals surface area (Å²) in [5, 5.41) is 11.4. The summed E-state index contributed by atoms with van der Waals surface area (Å²) in [5.41, 5.74) is 6.51. The lowest BCUT2D eigenvalue weighted by Crippen LogP contribution is -2.15. The molecule has 0 amide bonds. The number of nitrogens with zero attached hydrogens (tertiary/aromatic N) is 2. The van der Waals surface area contributed by atoms with Gasteiger partial charge in [0.1, 0.15) is 5.82 Å². The summed E-state index contributed by atoms with van der Waals surface area (Å²) in [4.78, 5) is 0. The summed E-state index contributed by atoms with van der Waals surface area (Å²) in [5.74, 6) is 1.48. The Hall–Kier alpha value is -1.16. The van der Waals surface area contributed by atoms with E-state index in [4.69, 9.17) is 5.73 Å². The molecule has 0 saturated heterocycles. The number of hydrogen-bond donors (Lipinski definition) is 2. The van der Waals surface area contributed by atoms with Crippen molar-refractivity contribution in [3.8, 4) is 0 Å². The molecule has 14 heavy (non-hydrogen) atoms. The third kappa shape index (κ3) is 2.01. The van der Waals surface area contributed by atoms with Gasteiger partial charge in [0.05, 0.1) is 5.69 Å². The highest BCUT2D eigenvalue weighted by atomic mass is 15.2. The predicted octanol–water partition coefficient (Wildman–Crippen LogP) is 1.11. The molecule has 0 radical (unpaired) electrons. The Balaban J connectivity index is 1.95. The predicted molar refractivity (Wildman–Crippen MR) is 56.2 cm³/mol. The maximum absolute atomic E-state index is 5.37. The lowest BCUT2D eigenvalue weighted by molar-refractivity contribution is 0.408. The van der Waals surface area contributed by atoms with Crippen LogP contribution in [0.15, 0.2) is 12.1 Å². The second-order valence-electron chi connectivity index (χ2n) is 3.69. The minimum absolute atomic E-state index is 0.617. The van der Waals surface area contributed by atoms with E-state index in [1.807, 2.05) is 6.07 Å². The van der Waals surface area contributed by atoms with Crippen LogP contribution in [0.1, 0.15) is 30.9 Å². The van der Waals surface area contributed by atoms with Crippen LogP contribution in [0.4, 0.5) is 5.82 Å². The molecule has 4 nitrogen and oxygen atoms in total. The van der Waals surface area contributed by atoms with E-state index in [0.717, 1.165) is 18.1 Å². The van der Waals surface area contributed by atoms with Crippen LogP contribution in [0.3, 0.4) is 0 Å². The second kappa shape index (κ2) is 4.37. The molecule has 3 N–H and O–H groups in total. The smallest absolute Gasteiger partial charge is 0.148 e. The minimum Gasteiger partial charge on any atom is -0.367 e. The Morgan fingerprint density at radius 3 is 2.71 bits per heavy atom. The molecule has 0 aliphatic heterocycles. The number of aromatic nitrogens is 2. The molecule has 1 aliphatic carbocycles. The molecule has 0 spiro atoms. The van der Waals surface area contributed by atoms with Crippen molar-refractivity contribution >= 4 is 5.82 Å². The Labute approximate surface area is 83.9 Å². The summed E-state index contributed by atoms with van der Waals surface area (Å²) in [6.45, 7) is 1.36. The standard InChI is InChI=1S/C10H16N4/c11-6-7-12-10-5-4-9(13-14-10)8-2-1-3-8/h4-5,8H,1-3,6-7,11H2,(H,12,14). The van der Waals surface area contributed by atoms with Crippen LogP contribution in [-0.2, 0) is 0 Å². The lowest BCUT2D eigenvalue weighted by Gasteiger charge is -2.24. The van der Waals surface area contributed by atoms with E-state index >= 15 is 0 Å². The first-order valence-electron chi connectivity index (χ1n) is 5.17. The van der Waals surface area contributed by atoms with Gasteiger partial charge in [-0.25, -0.2) is 0 Å². The molecule has 0 unspecified atom stereocenters. The monoisotopic (exact) mass is 192 g/mol. The summed E-state index contributed by atoms with van der Waals surface area (Å²) in [6.07, 6.45) is 3.87. The molecule has 0 atom stereocenters. The zero-order valence-electron chi connectivity index (χ0n) is 8.24. The first-order chi connectivity index (χ1) is 6.90.